The van der Waals surface area contributed by atoms with Gasteiger partial charge in [0, 0.05) is 24.7 Å². The van der Waals surface area contributed by atoms with Gasteiger partial charge in [-0.3, -0.25) is 9.79 Å². The van der Waals surface area contributed by atoms with E-state index >= 15 is 0 Å². The number of carbonyl (C=O) groups excluding carboxylic acids is 1. The molecule has 2 atom stereocenters. The second kappa shape index (κ2) is 7.92. The van der Waals surface area contributed by atoms with Gasteiger partial charge in [0.05, 0.1) is 5.92 Å². The van der Waals surface area contributed by atoms with Crippen LogP contribution in [0.2, 0.25) is 0 Å². The lowest BCUT2D eigenvalue weighted by molar-refractivity contribution is -0.162. The summed E-state index contributed by atoms with van der Waals surface area (Å²) in [4.78, 5) is 15.8. The van der Waals surface area contributed by atoms with Gasteiger partial charge in [0.25, 0.3) is 0 Å². The molecule has 2 unspecified atom stereocenters. The SMILES string of the molecule is CC1=C(F)C=CC(=NCC(=O)NC2CCCNC2)CC1C(F)(F)F. The van der Waals surface area contributed by atoms with Gasteiger partial charge in [-0.1, -0.05) is 0 Å². The summed E-state index contributed by atoms with van der Waals surface area (Å²) in [5.74, 6) is -3.17. The Kier molecular flexibility index (Phi) is 6.15. The number of aliphatic imine (C=N–C) groups is 1. The van der Waals surface area contributed by atoms with Gasteiger partial charge in [0.1, 0.15) is 12.4 Å². The lowest BCUT2D eigenvalue weighted by Crippen LogP contribution is -2.46. The molecule has 1 heterocycles. The minimum Gasteiger partial charge on any atom is -0.350 e. The number of nitrogens with zero attached hydrogens (tertiary/aromatic N) is 1. The molecule has 0 aromatic heterocycles. The standard InChI is InChI=1S/C16H21F4N3O/c1-10-13(16(18,19)20)7-11(4-5-14(10)17)22-9-15(24)23-12-3-2-6-21-8-12/h4-5,12-13,21H,2-3,6-9H2,1H3,(H,23,24). The average molecular weight is 347 g/mol. The van der Waals surface area contributed by atoms with E-state index in [-0.39, 0.29) is 29.8 Å². The highest BCUT2D eigenvalue weighted by Gasteiger charge is 2.42. The van der Waals surface area contributed by atoms with Crippen LogP contribution in [0.4, 0.5) is 17.6 Å². The molecule has 134 valence electrons. The molecule has 0 saturated carbocycles. The number of nitrogens with one attached hydrogen (secondary N) is 2. The first kappa shape index (κ1) is 18.6. The summed E-state index contributed by atoms with van der Waals surface area (Å²) in [6, 6.07) is 0.0143. The zero-order valence-electron chi connectivity index (χ0n) is 13.4. The minimum absolute atomic E-state index is 0.0143. The number of rotatable bonds is 3. The molecule has 0 bridgehead atoms. The highest BCUT2D eigenvalue weighted by molar-refractivity contribution is 5.97. The third-order valence-corrected chi connectivity index (χ3v) is 4.22. The first-order valence-electron chi connectivity index (χ1n) is 7.92. The maximum atomic E-state index is 13.7. The van der Waals surface area contributed by atoms with Crippen LogP contribution in [0.25, 0.3) is 0 Å². The summed E-state index contributed by atoms with van der Waals surface area (Å²) in [6.45, 7) is 2.45. The van der Waals surface area contributed by atoms with Crippen molar-refractivity contribution in [2.45, 2.75) is 38.4 Å². The third-order valence-electron chi connectivity index (χ3n) is 4.22. The summed E-state index contributed by atoms with van der Waals surface area (Å²) >= 11 is 0. The van der Waals surface area contributed by atoms with E-state index in [9.17, 15) is 22.4 Å². The van der Waals surface area contributed by atoms with Gasteiger partial charge in [-0.25, -0.2) is 4.39 Å². The summed E-state index contributed by atoms with van der Waals surface area (Å²) in [5, 5.41) is 5.95. The zero-order valence-corrected chi connectivity index (χ0v) is 13.4. The summed E-state index contributed by atoms with van der Waals surface area (Å²) in [6.07, 6.45) is -1.01. The van der Waals surface area contributed by atoms with E-state index in [1.54, 1.807) is 0 Å². The van der Waals surface area contributed by atoms with E-state index in [2.05, 4.69) is 15.6 Å². The zero-order chi connectivity index (χ0) is 17.7. The molecule has 1 aliphatic carbocycles. The van der Waals surface area contributed by atoms with Crippen molar-refractivity contribution in [1.29, 1.82) is 0 Å². The van der Waals surface area contributed by atoms with E-state index in [1.807, 2.05) is 0 Å². The van der Waals surface area contributed by atoms with Crippen molar-refractivity contribution in [1.82, 2.24) is 10.6 Å². The summed E-state index contributed by atoms with van der Waals surface area (Å²) in [7, 11) is 0. The molecule has 2 aliphatic rings. The first-order chi connectivity index (χ1) is 11.3. The molecule has 1 aliphatic heterocycles. The maximum absolute atomic E-state index is 13.7. The Balaban J connectivity index is 1.99. The van der Waals surface area contributed by atoms with Crippen LogP contribution in [0.5, 0.6) is 0 Å². The fraction of sp³-hybridized carbons (Fsp3) is 0.625. The molecule has 0 spiro atoms. The van der Waals surface area contributed by atoms with Crippen LogP contribution in [-0.4, -0.2) is 43.5 Å². The minimum atomic E-state index is -4.55. The molecule has 4 nitrogen and oxygen atoms in total. The number of hydrogen-bond acceptors (Lipinski definition) is 3. The Morgan fingerprint density at radius 3 is 2.79 bits per heavy atom. The molecule has 1 fully saturated rings. The van der Waals surface area contributed by atoms with Gasteiger partial charge in [-0.05, 0) is 44.0 Å². The number of alkyl halides is 3. The Morgan fingerprint density at radius 1 is 1.42 bits per heavy atom. The first-order valence-corrected chi connectivity index (χ1v) is 7.92. The van der Waals surface area contributed by atoms with Crippen LogP contribution in [0.15, 0.2) is 28.5 Å². The lowest BCUT2D eigenvalue weighted by Gasteiger charge is -2.23. The Bertz CT molecular complexity index is 560. The van der Waals surface area contributed by atoms with Crippen LogP contribution in [-0.2, 0) is 4.79 Å². The van der Waals surface area contributed by atoms with Gasteiger partial charge >= 0.3 is 6.18 Å². The third kappa shape index (κ3) is 5.15. The molecule has 24 heavy (non-hydrogen) atoms. The van der Waals surface area contributed by atoms with Crippen molar-refractivity contribution >= 4 is 11.6 Å². The van der Waals surface area contributed by atoms with Crippen molar-refractivity contribution in [3.63, 3.8) is 0 Å². The quantitative estimate of drug-likeness (QED) is 0.772. The largest absolute Gasteiger partial charge is 0.395 e. The number of halogens is 4. The summed E-state index contributed by atoms with van der Waals surface area (Å²) in [5.41, 5.74) is -0.289. The Morgan fingerprint density at radius 2 is 2.17 bits per heavy atom. The topological polar surface area (TPSA) is 53.5 Å². The number of allylic oxidation sites excluding steroid dienone is 4. The van der Waals surface area contributed by atoms with Gasteiger partial charge in [-0.15, -0.1) is 0 Å². The van der Waals surface area contributed by atoms with Crippen molar-refractivity contribution in [2.24, 2.45) is 10.9 Å². The van der Waals surface area contributed by atoms with E-state index in [1.165, 1.54) is 6.08 Å². The van der Waals surface area contributed by atoms with Crippen molar-refractivity contribution in [2.75, 3.05) is 19.6 Å². The summed E-state index contributed by atoms with van der Waals surface area (Å²) < 4.78 is 52.8. The van der Waals surface area contributed by atoms with Crippen LogP contribution < -0.4 is 10.6 Å². The van der Waals surface area contributed by atoms with Crippen molar-refractivity contribution in [3.8, 4) is 0 Å². The van der Waals surface area contributed by atoms with Crippen LogP contribution in [0, 0.1) is 5.92 Å². The van der Waals surface area contributed by atoms with Gasteiger partial charge in [0.15, 0.2) is 0 Å². The van der Waals surface area contributed by atoms with E-state index in [4.69, 9.17) is 0 Å². The van der Waals surface area contributed by atoms with Gasteiger partial charge in [-0.2, -0.15) is 13.2 Å². The molecule has 8 heteroatoms. The molecule has 1 saturated heterocycles. The molecule has 0 aromatic carbocycles. The molecule has 2 N–H and O–H groups in total. The van der Waals surface area contributed by atoms with Crippen LogP contribution in [0.1, 0.15) is 26.2 Å². The van der Waals surface area contributed by atoms with E-state index in [0.29, 0.717) is 6.54 Å². The average Bonchev–Trinajstić information content (AvgIpc) is 2.66. The second-order valence-electron chi connectivity index (χ2n) is 6.08. The van der Waals surface area contributed by atoms with E-state index < -0.39 is 24.3 Å². The molecular formula is C16H21F4N3O. The van der Waals surface area contributed by atoms with Gasteiger partial charge in [0.2, 0.25) is 5.91 Å². The van der Waals surface area contributed by atoms with Gasteiger partial charge < -0.3 is 10.6 Å². The fourth-order valence-corrected chi connectivity index (χ4v) is 2.80. The fourth-order valence-electron chi connectivity index (χ4n) is 2.80. The molecule has 0 radical (unpaired) electrons. The van der Waals surface area contributed by atoms with E-state index in [0.717, 1.165) is 32.4 Å². The normalized spacial score (nSPS) is 27.3. The number of hydrogen-bond donors (Lipinski definition) is 2. The second-order valence-corrected chi connectivity index (χ2v) is 6.08. The Labute approximate surface area is 138 Å². The predicted molar refractivity (Wildman–Crippen MR) is 83.4 cm³/mol. The smallest absolute Gasteiger partial charge is 0.350 e. The molecule has 0 aromatic rings. The number of amides is 1. The maximum Gasteiger partial charge on any atom is 0.395 e. The lowest BCUT2D eigenvalue weighted by atomic mass is 9.94. The molecule has 2 rings (SSSR count). The highest BCUT2D eigenvalue weighted by Crippen LogP contribution is 2.37. The molecule has 1 amide bonds. The van der Waals surface area contributed by atoms with Crippen molar-refractivity contribution < 1.29 is 22.4 Å². The monoisotopic (exact) mass is 347 g/mol. The number of piperidine rings is 1. The molecular weight excluding hydrogens is 326 g/mol. The van der Waals surface area contributed by atoms with Crippen molar-refractivity contribution in [3.05, 3.63) is 23.6 Å². The van der Waals surface area contributed by atoms with Crippen LogP contribution >= 0.6 is 0 Å². The van der Waals surface area contributed by atoms with Crippen LogP contribution in [0.3, 0.4) is 0 Å². The highest BCUT2D eigenvalue weighted by atomic mass is 19.4. The number of carbonyl (C=O) groups is 1. The predicted octanol–water partition coefficient (Wildman–Crippen LogP) is 2.68. The Hall–Kier alpha value is -1.70.